The summed E-state index contributed by atoms with van der Waals surface area (Å²) < 4.78 is 8.55. The molecule has 0 rings (SSSR count). The van der Waals surface area contributed by atoms with Crippen molar-refractivity contribution in [3.8, 4) is 0 Å². The molecule has 0 aliphatic heterocycles. The van der Waals surface area contributed by atoms with Gasteiger partial charge in [0, 0.05) is 0 Å². The average molecular weight is 244 g/mol. The van der Waals surface area contributed by atoms with E-state index >= 15 is 0 Å². The summed E-state index contributed by atoms with van der Waals surface area (Å²) >= 11 is 0. The van der Waals surface area contributed by atoms with Crippen LogP contribution in [0.4, 0.5) is 0 Å². The first-order chi connectivity index (χ1) is 2.00. The molecule has 2 N–H and O–H groups in total. The quantitative estimate of drug-likeness (QED) is 0.318. The standard InChI is InChI=1S/Ca.H3O4P.H2O.Zr/c;1-5(2,3)4;;/h;(H3,1,2,3,4);1H2;/q+2;;;+4/p-3. The molecule has 0 unspecified atom stereocenters. The van der Waals surface area contributed by atoms with Crippen LogP contribution in [0, 0.1) is 0 Å². The van der Waals surface area contributed by atoms with Crippen LogP contribution in [-0.2, 0) is 30.8 Å². The van der Waals surface area contributed by atoms with Gasteiger partial charge in [-0.2, -0.15) is 7.82 Å². The van der Waals surface area contributed by atoms with Crippen molar-refractivity contribution >= 4 is 45.6 Å². The Morgan fingerprint density at radius 2 is 1.12 bits per heavy atom. The summed E-state index contributed by atoms with van der Waals surface area (Å²) in [6, 6.07) is 0. The van der Waals surface area contributed by atoms with Gasteiger partial charge in [0.25, 0.3) is 0 Å². The van der Waals surface area contributed by atoms with Crippen LogP contribution in [0.15, 0.2) is 0 Å². The average Bonchev–Trinajstić information content (AvgIpc) is 0.722. The van der Waals surface area contributed by atoms with E-state index < -0.39 is 7.82 Å². The summed E-state index contributed by atoms with van der Waals surface area (Å²) in [5, 5.41) is 0. The number of hydrogen-bond donors (Lipinski definition) is 0. The first-order valence-electron chi connectivity index (χ1n) is 0.730. The summed E-state index contributed by atoms with van der Waals surface area (Å²) in [5.41, 5.74) is 0. The summed E-state index contributed by atoms with van der Waals surface area (Å²) in [5.74, 6) is 0. The maximum atomic E-state index is 8.55. The van der Waals surface area contributed by atoms with Crippen molar-refractivity contribution in [3.05, 3.63) is 0 Å². The van der Waals surface area contributed by atoms with Gasteiger partial charge in [-0.15, -0.1) is 0 Å². The molecule has 0 aliphatic rings. The molecule has 0 fully saturated rings. The van der Waals surface area contributed by atoms with Crippen LogP contribution >= 0.6 is 7.82 Å². The predicted octanol–water partition coefficient (Wildman–Crippen LogP) is -4.03. The molecule has 0 radical (unpaired) electrons. The zero-order valence-corrected chi connectivity index (χ0v) is 9.35. The number of rotatable bonds is 0. The third-order valence-electron chi connectivity index (χ3n) is 0. The molecule has 0 aromatic carbocycles. The summed E-state index contributed by atoms with van der Waals surface area (Å²) in [6.07, 6.45) is 0. The van der Waals surface area contributed by atoms with Crippen molar-refractivity contribution in [3.63, 3.8) is 0 Å². The third kappa shape index (κ3) is 87.3. The van der Waals surface area contributed by atoms with Crippen LogP contribution in [0.1, 0.15) is 0 Å². The van der Waals surface area contributed by atoms with Gasteiger partial charge >= 0.3 is 63.9 Å². The Morgan fingerprint density at radius 3 is 1.12 bits per heavy atom. The topological polar surface area (TPSA) is 118 Å². The van der Waals surface area contributed by atoms with Crippen LogP contribution in [0.2, 0.25) is 0 Å². The molecule has 5 nitrogen and oxygen atoms in total. The van der Waals surface area contributed by atoms with Crippen molar-refractivity contribution in [2.24, 2.45) is 0 Å². The first-order valence-corrected chi connectivity index (χ1v) is 2.19. The largest absolute Gasteiger partial charge is 4.00 e. The Balaban J connectivity index is -0.0000000267. The minimum absolute atomic E-state index is 0. The maximum absolute atomic E-state index is 8.55. The van der Waals surface area contributed by atoms with E-state index in [1.165, 1.54) is 0 Å². The van der Waals surface area contributed by atoms with E-state index in [9.17, 15) is 0 Å². The van der Waals surface area contributed by atoms with E-state index in [0.29, 0.717) is 0 Å². The molecule has 0 heterocycles. The minimum atomic E-state index is -5.39. The summed E-state index contributed by atoms with van der Waals surface area (Å²) in [6.45, 7) is 0. The molecule has 0 atom stereocenters. The Labute approximate surface area is 95.2 Å². The van der Waals surface area contributed by atoms with Crippen molar-refractivity contribution in [1.29, 1.82) is 0 Å². The van der Waals surface area contributed by atoms with Crippen LogP contribution in [0.5, 0.6) is 0 Å². The molecule has 0 spiro atoms. The summed E-state index contributed by atoms with van der Waals surface area (Å²) in [4.78, 5) is 25.6. The molecular weight excluding hydrogens is 242 g/mol. The molecule has 0 aliphatic carbocycles. The minimum Gasteiger partial charge on any atom is -0.822 e. The monoisotopic (exact) mass is 243 g/mol. The van der Waals surface area contributed by atoms with Crippen molar-refractivity contribution in [2.45, 2.75) is 0 Å². The fraction of sp³-hybridized carbons (Fsp3) is 0. The molecular formula is H2CaO5PZr+3. The normalized spacial score (nSPS) is 7.38. The smallest absolute Gasteiger partial charge is 0.822 e. The molecule has 0 aromatic heterocycles. The van der Waals surface area contributed by atoms with Crippen LogP contribution in [-0.4, -0.2) is 43.2 Å². The zero-order chi connectivity index (χ0) is 4.50. The molecule has 8 heteroatoms. The van der Waals surface area contributed by atoms with E-state index in [0.717, 1.165) is 0 Å². The number of hydrogen-bond acceptors (Lipinski definition) is 4. The molecule has 8 heavy (non-hydrogen) atoms. The molecule has 0 bridgehead atoms. The fourth-order valence-electron chi connectivity index (χ4n) is 0. The second-order valence-corrected chi connectivity index (χ2v) is 1.34. The third-order valence-corrected chi connectivity index (χ3v) is 0. The van der Waals surface area contributed by atoms with Gasteiger partial charge < -0.3 is 24.7 Å². The first kappa shape index (κ1) is 22.5. The van der Waals surface area contributed by atoms with E-state index in [4.69, 9.17) is 19.2 Å². The van der Waals surface area contributed by atoms with Crippen molar-refractivity contribution in [2.75, 3.05) is 0 Å². The zero-order valence-electron chi connectivity index (χ0n) is 3.79. The van der Waals surface area contributed by atoms with Gasteiger partial charge in [-0.3, -0.25) is 0 Å². The van der Waals surface area contributed by atoms with Gasteiger partial charge in [-0.1, -0.05) is 0 Å². The van der Waals surface area contributed by atoms with Crippen molar-refractivity contribution < 1.29 is 50.9 Å². The van der Waals surface area contributed by atoms with Crippen molar-refractivity contribution in [1.82, 2.24) is 0 Å². The Bertz CT molecular complexity index is 58.6. The predicted molar refractivity (Wildman–Crippen MR) is 17.0 cm³/mol. The van der Waals surface area contributed by atoms with Gasteiger partial charge in [0.1, 0.15) is 0 Å². The van der Waals surface area contributed by atoms with Gasteiger partial charge in [0.2, 0.25) is 0 Å². The van der Waals surface area contributed by atoms with E-state index in [1.54, 1.807) is 0 Å². The van der Waals surface area contributed by atoms with E-state index in [2.05, 4.69) is 0 Å². The van der Waals surface area contributed by atoms with Crippen LogP contribution < -0.4 is 14.7 Å². The molecule has 0 saturated heterocycles. The summed E-state index contributed by atoms with van der Waals surface area (Å²) in [7, 11) is -5.39. The molecule has 0 saturated carbocycles. The van der Waals surface area contributed by atoms with Crippen LogP contribution in [0.3, 0.4) is 0 Å². The second kappa shape index (κ2) is 9.21. The van der Waals surface area contributed by atoms with Crippen LogP contribution in [0.25, 0.3) is 0 Å². The molecule has 0 amide bonds. The van der Waals surface area contributed by atoms with Gasteiger partial charge in [-0.05, 0) is 0 Å². The van der Waals surface area contributed by atoms with E-state index in [1.807, 2.05) is 0 Å². The van der Waals surface area contributed by atoms with Gasteiger partial charge in [0.05, 0.1) is 0 Å². The Morgan fingerprint density at radius 1 is 1.12 bits per heavy atom. The number of phosphoric acid groups is 1. The molecule has 0 aromatic rings. The molecule has 40 valence electrons. The Hall–Kier alpha value is 2.21. The second-order valence-electron chi connectivity index (χ2n) is 0.447. The fourth-order valence-corrected chi connectivity index (χ4v) is 0. The van der Waals surface area contributed by atoms with Gasteiger partial charge in [-0.25, -0.2) is 0 Å². The SMILES string of the molecule is O.O=P([O-])([O-])[O-].[Ca+2].[Zr+4]. The Kier molecular flexibility index (Phi) is 25.9. The van der Waals surface area contributed by atoms with E-state index in [-0.39, 0.29) is 69.4 Å². The van der Waals surface area contributed by atoms with Gasteiger partial charge in [0.15, 0.2) is 0 Å². The maximum Gasteiger partial charge on any atom is 4.00 e.